The predicted molar refractivity (Wildman–Crippen MR) is 79.6 cm³/mol. The van der Waals surface area contributed by atoms with Gasteiger partial charge < -0.3 is 14.9 Å². The number of piperazine rings is 1. The second kappa shape index (κ2) is 7.22. The highest BCUT2D eigenvalue weighted by atomic mass is 16.3. The largest absolute Gasteiger partial charge is 0.384 e. The molecule has 0 bridgehead atoms. The molecular formula is C16H22N2O3. The van der Waals surface area contributed by atoms with Gasteiger partial charge in [-0.1, -0.05) is 30.3 Å². The maximum absolute atomic E-state index is 12.2. The number of nitrogens with zero attached hydrogens (tertiary/aromatic N) is 2. The molecule has 21 heavy (non-hydrogen) atoms. The van der Waals surface area contributed by atoms with Crippen molar-refractivity contribution in [1.29, 1.82) is 0 Å². The van der Waals surface area contributed by atoms with Gasteiger partial charge >= 0.3 is 0 Å². The first-order valence-electron chi connectivity index (χ1n) is 7.36. The van der Waals surface area contributed by atoms with Crippen LogP contribution in [0.5, 0.6) is 0 Å². The van der Waals surface area contributed by atoms with Gasteiger partial charge in [0.2, 0.25) is 5.91 Å². The minimum Gasteiger partial charge on any atom is -0.384 e. The lowest BCUT2D eigenvalue weighted by Crippen LogP contribution is -2.52. The Morgan fingerprint density at radius 2 is 1.67 bits per heavy atom. The lowest BCUT2D eigenvalue weighted by Gasteiger charge is -2.35. The van der Waals surface area contributed by atoms with Gasteiger partial charge in [-0.25, -0.2) is 0 Å². The minimum atomic E-state index is -0.967. The zero-order valence-electron chi connectivity index (χ0n) is 12.4. The molecule has 1 N–H and O–H groups in total. The summed E-state index contributed by atoms with van der Waals surface area (Å²) in [5.41, 5.74) is 1.16. The average molecular weight is 290 g/mol. The minimum absolute atomic E-state index is 0.128. The fourth-order valence-corrected chi connectivity index (χ4v) is 2.49. The van der Waals surface area contributed by atoms with Crippen LogP contribution in [0.2, 0.25) is 0 Å². The lowest BCUT2D eigenvalue weighted by atomic mass is 10.1. The molecule has 2 rings (SSSR count). The maximum Gasteiger partial charge on any atom is 0.251 e. The van der Waals surface area contributed by atoms with Gasteiger partial charge in [-0.05, 0) is 18.9 Å². The third-order valence-corrected chi connectivity index (χ3v) is 3.77. The van der Waals surface area contributed by atoms with Gasteiger partial charge in [0, 0.05) is 32.6 Å². The predicted octanol–water partition coefficient (Wildman–Crippen LogP) is 0.671. The van der Waals surface area contributed by atoms with Crippen molar-refractivity contribution < 1.29 is 14.7 Å². The molecule has 2 amide bonds. The Morgan fingerprint density at radius 1 is 1.10 bits per heavy atom. The van der Waals surface area contributed by atoms with E-state index in [-0.39, 0.29) is 11.8 Å². The molecule has 5 nitrogen and oxygen atoms in total. The second-order valence-corrected chi connectivity index (χ2v) is 5.37. The number of carbonyl (C=O) groups excluding carboxylic acids is 2. The van der Waals surface area contributed by atoms with E-state index in [1.54, 1.807) is 9.80 Å². The van der Waals surface area contributed by atoms with Crippen molar-refractivity contribution in [3.05, 3.63) is 35.9 Å². The highest BCUT2D eigenvalue weighted by Gasteiger charge is 2.25. The van der Waals surface area contributed by atoms with Crippen LogP contribution in [0.3, 0.4) is 0 Å². The number of benzene rings is 1. The topological polar surface area (TPSA) is 60.9 Å². The molecule has 1 aliphatic rings. The van der Waals surface area contributed by atoms with E-state index in [9.17, 15) is 14.7 Å². The van der Waals surface area contributed by atoms with Crippen molar-refractivity contribution in [1.82, 2.24) is 9.80 Å². The molecule has 1 aromatic carbocycles. The zero-order valence-corrected chi connectivity index (χ0v) is 12.4. The Bertz CT molecular complexity index is 480. The fraction of sp³-hybridized carbons (Fsp3) is 0.500. The van der Waals surface area contributed by atoms with Gasteiger partial charge in [0.05, 0.1) is 0 Å². The Balaban J connectivity index is 1.77. The van der Waals surface area contributed by atoms with Crippen LogP contribution in [0.15, 0.2) is 30.3 Å². The number of rotatable bonds is 4. The van der Waals surface area contributed by atoms with Crippen LogP contribution >= 0.6 is 0 Å². The molecule has 1 heterocycles. The molecule has 1 unspecified atom stereocenters. The van der Waals surface area contributed by atoms with Crippen LogP contribution in [-0.4, -0.2) is 59.0 Å². The number of aliphatic hydroxyl groups is 1. The molecule has 0 spiro atoms. The van der Waals surface area contributed by atoms with E-state index < -0.39 is 6.10 Å². The first-order chi connectivity index (χ1) is 10.1. The van der Waals surface area contributed by atoms with Crippen LogP contribution < -0.4 is 0 Å². The monoisotopic (exact) mass is 290 g/mol. The summed E-state index contributed by atoms with van der Waals surface area (Å²) in [4.78, 5) is 27.2. The number of hydrogen-bond acceptors (Lipinski definition) is 3. The van der Waals surface area contributed by atoms with E-state index in [1.807, 2.05) is 30.3 Å². The van der Waals surface area contributed by atoms with Crippen molar-refractivity contribution >= 4 is 11.8 Å². The van der Waals surface area contributed by atoms with E-state index in [0.717, 1.165) is 12.0 Å². The SMILES string of the molecule is CC(O)C(=O)N1CCN(C(=O)CCc2ccccc2)CC1. The van der Waals surface area contributed by atoms with Crippen molar-refractivity contribution in [2.24, 2.45) is 0 Å². The molecule has 0 aromatic heterocycles. The van der Waals surface area contributed by atoms with Crippen molar-refractivity contribution in [3.63, 3.8) is 0 Å². The van der Waals surface area contributed by atoms with E-state index in [1.165, 1.54) is 6.92 Å². The molecule has 114 valence electrons. The summed E-state index contributed by atoms with van der Waals surface area (Å²) < 4.78 is 0. The zero-order chi connectivity index (χ0) is 15.2. The number of aryl methyl sites for hydroxylation is 1. The van der Waals surface area contributed by atoms with Gasteiger partial charge in [0.1, 0.15) is 6.10 Å². The highest BCUT2D eigenvalue weighted by molar-refractivity contribution is 5.81. The Kier molecular flexibility index (Phi) is 5.33. The highest BCUT2D eigenvalue weighted by Crippen LogP contribution is 2.08. The van der Waals surface area contributed by atoms with Crippen LogP contribution in [0.25, 0.3) is 0 Å². The van der Waals surface area contributed by atoms with Crippen LogP contribution in [0.1, 0.15) is 18.9 Å². The fourth-order valence-electron chi connectivity index (χ4n) is 2.49. The third-order valence-electron chi connectivity index (χ3n) is 3.77. The van der Waals surface area contributed by atoms with Gasteiger partial charge in [0.15, 0.2) is 0 Å². The summed E-state index contributed by atoms with van der Waals surface area (Å²) in [6, 6.07) is 9.95. The smallest absolute Gasteiger partial charge is 0.251 e. The molecule has 1 fully saturated rings. The van der Waals surface area contributed by atoms with Crippen LogP contribution in [0, 0.1) is 0 Å². The molecule has 1 atom stereocenters. The Morgan fingerprint density at radius 3 is 2.24 bits per heavy atom. The molecule has 0 saturated carbocycles. The molecule has 5 heteroatoms. The van der Waals surface area contributed by atoms with Crippen molar-refractivity contribution in [2.45, 2.75) is 25.9 Å². The quantitative estimate of drug-likeness (QED) is 0.886. The normalized spacial score (nSPS) is 16.7. The van der Waals surface area contributed by atoms with Crippen LogP contribution in [-0.2, 0) is 16.0 Å². The maximum atomic E-state index is 12.2. The number of amides is 2. The molecule has 1 saturated heterocycles. The van der Waals surface area contributed by atoms with Crippen molar-refractivity contribution in [2.75, 3.05) is 26.2 Å². The van der Waals surface area contributed by atoms with Gasteiger partial charge in [-0.2, -0.15) is 0 Å². The molecule has 1 aromatic rings. The lowest BCUT2D eigenvalue weighted by molar-refractivity contribution is -0.144. The Labute approximate surface area is 125 Å². The number of hydrogen-bond donors (Lipinski definition) is 1. The summed E-state index contributed by atoms with van der Waals surface area (Å²) in [5.74, 6) is -0.130. The molecule has 1 aliphatic heterocycles. The van der Waals surface area contributed by atoms with Gasteiger partial charge in [-0.3, -0.25) is 9.59 Å². The van der Waals surface area contributed by atoms with E-state index in [2.05, 4.69) is 0 Å². The Hall–Kier alpha value is -1.88. The molecular weight excluding hydrogens is 268 g/mol. The molecule has 0 radical (unpaired) electrons. The number of carbonyl (C=O) groups is 2. The summed E-state index contributed by atoms with van der Waals surface area (Å²) in [7, 11) is 0. The summed E-state index contributed by atoms with van der Waals surface area (Å²) in [6.07, 6.45) is 0.270. The summed E-state index contributed by atoms with van der Waals surface area (Å²) in [5, 5.41) is 9.29. The molecule has 0 aliphatic carbocycles. The first kappa shape index (κ1) is 15.5. The first-order valence-corrected chi connectivity index (χ1v) is 7.36. The van der Waals surface area contributed by atoms with Gasteiger partial charge in [0.25, 0.3) is 5.91 Å². The average Bonchev–Trinajstić information content (AvgIpc) is 2.53. The summed E-state index contributed by atoms with van der Waals surface area (Å²) >= 11 is 0. The van der Waals surface area contributed by atoms with Crippen LogP contribution in [0.4, 0.5) is 0 Å². The van der Waals surface area contributed by atoms with Crippen molar-refractivity contribution in [3.8, 4) is 0 Å². The third kappa shape index (κ3) is 4.29. The standard InChI is InChI=1S/C16H22N2O3/c1-13(19)16(21)18-11-9-17(10-12-18)15(20)8-7-14-5-3-2-4-6-14/h2-6,13,19H,7-12H2,1H3. The summed E-state index contributed by atoms with van der Waals surface area (Å²) in [6.45, 7) is 3.57. The second-order valence-electron chi connectivity index (χ2n) is 5.37. The van der Waals surface area contributed by atoms with E-state index >= 15 is 0 Å². The van der Waals surface area contributed by atoms with Gasteiger partial charge in [-0.15, -0.1) is 0 Å². The van der Waals surface area contributed by atoms with E-state index in [0.29, 0.717) is 32.6 Å². The number of aliphatic hydroxyl groups excluding tert-OH is 1. The van der Waals surface area contributed by atoms with E-state index in [4.69, 9.17) is 0 Å².